The highest BCUT2D eigenvalue weighted by molar-refractivity contribution is 5.34. The number of nitriles is 1. The van der Waals surface area contributed by atoms with Crippen molar-refractivity contribution in [2.24, 2.45) is 0 Å². The number of rotatable bonds is 2. The first-order valence-corrected chi connectivity index (χ1v) is 4.58. The van der Waals surface area contributed by atoms with Gasteiger partial charge in [-0.2, -0.15) is 5.26 Å². The summed E-state index contributed by atoms with van der Waals surface area (Å²) in [5.74, 6) is 0.734. The molecule has 2 rings (SSSR count). The summed E-state index contributed by atoms with van der Waals surface area (Å²) in [6.07, 6.45) is 4.17. The monoisotopic (exact) mass is 189 g/mol. The molecule has 1 aromatic heterocycles. The van der Waals surface area contributed by atoms with E-state index in [1.807, 2.05) is 6.07 Å². The highest BCUT2D eigenvalue weighted by Gasteiger charge is 2.14. The van der Waals surface area contributed by atoms with Gasteiger partial charge in [0.25, 0.3) is 0 Å². The second-order valence-electron chi connectivity index (χ2n) is 3.23. The van der Waals surface area contributed by atoms with Crippen molar-refractivity contribution < 1.29 is 0 Å². The summed E-state index contributed by atoms with van der Waals surface area (Å²) in [6, 6.07) is 2.36. The molecule has 1 atom stereocenters. The number of nitrogens with zero attached hydrogens (tertiary/aromatic N) is 3. The van der Waals surface area contributed by atoms with Gasteiger partial charge in [-0.05, 0) is 13.0 Å². The van der Waals surface area contributed by atoms with E-state index in [0.29, 0.717) is 11.7 Å². The fourth-order valence-electron chi connectivity index (χ4n) is 1.45. The normalized spacial score (nSPS) is 20.4. The number of aromatic nitrogens is 2. The molecule has 0 spiro atoms. The Hall–Kier alpha value is -1.67. The molecule has 0 radical (unpaired) electrons. The van der Waals surface area contributed by atoms with E-state index in [0.717, 1.165) is 25.3 Å². The molecule has 72 valence electrons. The first kappa shape index (κ1) is 8.91. The first-order valence-electron chi connectivity index (χ1n) is 4.58. The van der Waals surface area contributed by atoms with E-state index in [-0.39, 0.29) is 0 Å². The van der Waals surface area contributed by atoms with Crippen LogP contribution in [0.3, 0.4) is 0 Å². The third-order valence-corrected chi connectivity index (χ3v) is 2.18. The summed E-state index contributed by atoms with van der Waals surface area (Å²) >= 11 is 0. The van der Waals surface area contributed by atoms with E-state index in [1.54, 1.807) is 6.20 Å². The summed E-state index contributed by atoms with van der Waals surface area (Å²) in [7, 11) is 0. The Bertz CT molecular complexity index is 333. The minimum Gasteiger partial charge on any atom is -0.365 e. The Morgan fingerprint density at radius 3 is 3.00 bits per heavy atom. The SMILES string of the molecule is N#Cc1cnc(NC2CCNC2)cn1. The predicted molar refractivity (Wildman–Crippen MR) is 51.6 cm³/mol. The van der Waals surface area contributed by atoms with Crippen LogP contribution < -0.4 is 10.6 Å². The maximum atomic E-state index is 8.53. The predicted octanol–water partition coefficient (Wildman–Crippen LogP) is 0.122. The van der Waals surface area contributed by atoms with Crippen LogP contribution >= 0.6 is 0 Å². The van der Waals surface area contributed by atoms with Crippen molar-refractivity contribution in [3.63, 3.8) is 0 Å². The first-order chi connectivity index (χ1) is 6.88. The van der Waals surface area contributed by atoms with Crippen molar-refractivity contribution in [3.8, 4) is 6.07 Å². The summed E-state index contributed by atoms with van der Waals surface area (Å²) in [6.45, 7) is 2.00. The van der Waals surface area contributed by atoms with Crippen LogP contribution in [0.25, 0.3) is 0 Å². The lowest BCUT2D eigenvalue weighted by molar-refractivity contribution is 0.786. The van der Waals surface area contributed by atoms with Crippen LogP contribution in [-0.4, -0.2) is 29.1 Å². The van der Waals surface area contributed by atoms with Gasteiger partial charge in [-0.1, -0.05) is 0 Å². The lowest BCUT2D eigenvalue weighted by Crippen LogP contribution is -2.22. The maximum Gasteiger partial charge on any atom is 0.158 e. The van der Waals surface area contributed by atoms with E-state index in [1.165, 1.54) is 6.20 Å². The Kier molecular flexibility index (Phi) is 2.56. The van der Waals surface area contributed by atoms with Crippen LogP contribution in [0, 0.1) is 11.3 Å². The molecular formula is C9H11N5. The van der Waals surface area contributed by atoms with Crippen LogP contribution in [0.5, 0.6) is 0 Å². The summed E-state index contributed by atoms with van der Waals surface area (Å²) < 4.78 is 0. The van der Waals surface area contributed by atoms with Gasteiger partial charge in [0.2, 0.25) is 0 Å². The van der Waals surface area contributed by atoms with Crippen molar-refractivity contribution in [3.05, 3.63) is 18.1 Å². The molecule has 0 bridgehead atoms. The Labute approximate surface area is 82.2 Å². The van der Waals surface area contributed by atoms with Crippen molar-refractivity contribution in [1.82, 2.24) is 15.3 Å². The van der Waals surface area contributed by atoms with Crippen LogP contribution in [0.4, 0.5) is 5.82 Å². The van der Waals surface area contributed by atoms with Gasteiger partial charge in [-0.25, -0.2) is 9.97 Å². The van der Waals surface area contributed by atoms with E-state index in [2.05, 4.69) is 20.6 Å². The second kappa shape index (κ2) is 4.03. The molecule has 1 aliphatic heterocycles. The molecule has 1 saturated heterocycles. The fourth-order valence-corrected chi connectivity index (χ4v) is 1.45. The standard InChI is InChI=1S/C9H11N5/c10-3-8-5-13-9(6-12-8)14-7-1-2-11-4-7/h5-7,11H,1-2,4H2,(H,13,14). The molecule has 5 nitrogen and oxygen atoms in total. The van der Waals surface area contributed by atoms with E-state index < -0.39 is 0 Å². The largest absolute Gasteiger partial charge is 0.365 e. The van der Waals surface area contributed by atoms with Gasteiger partial charge in [-0.3, -0.25) is 0 Å². The Morgan fingerprint density at radius 1 is 1.50 bits per heavy atom. The highest BCUT2D eigenvalue weighted by atomic mass is 15.1. The van der Waals surface area contributed by atoms with E-state index in [4.69, 9.17) is 5.26 Å². The Morgan fingerprint density at radius 2 is 2.43 bits per heavy atom. The lowest BCUT2D eigenvalue weighted by Gasteiger charge is -2.10. The third-order valence-electron chi connectivity index (χ3n) is 2.18. The molecule has 1 fully saturated rings. The van der Waals surface area contributed by atoms with E-state index in [9.17, 15) is 0 Å². The minimum absolute atomic E-state index is 0.347. The number of hydrogen-bond acceptors (Lipinski definition) is 5. The molecule has 1 unspecified atom stereocenters. The van der Waals surface area contributed by atoms with Gasteiger partial charge < -0.3 is 10.6 Å². The maximum absolute atomic E-state index is 8.53. The average Bonchev–Trinajstić information content (AvgIpc) is 2.72. The summed E-state index contributed by atoms with van der Waals surface area (Å²) in [4.78, 5) is 8.02. The molecule has 2 heterocycles. The van der Waals surface area contributed by atoms with Crippen molar-refractivity contribution in [2.45, 2.75) is 12.5 Å². The summed E-state index contributed by atoms with van der Waals surface area (Å²) in [5, 5.41) is 15.0. The van der Waals surface area contributed by atoms with Crippen LogP contribution in [0.15, 0.2) is 12.4 Å². The van der Waals surface area contributed by atoms with Crippen LogP contribution in [0.2, 0.25) is 0 Å². The third kappa shape index (κ3) is 1.98. The van der Waals surface area contributed by atoms with E-state index >= 15 is 0 Å². The van der Waals surface area contributed by atoms with Crippen molar-refractivity contribution in [1.29, 1.82) is 5.26 Å². The van der Waals surface area contributed by atoms with Crippen molar-refractivity contribution in [2.75, 3.05) is 18.4 Å². The minimum atomic E-state index is 0.347. The molecule has 0 aromatic carbocycles. The number of nitrogens with one attached hydrogen (secondary N) is 2. The van der Waals surface area contributed by atoms with Crippen molar-refractivity contribution >= 4 is 5.82 Å². The number of hydrogen-bond donors (Lipinski definition) is 2. The zero-order valence-corrected chi connectivity index (χ0v) is 7.70. The average molecular weight is 189 g/mol. The fraction of sp³-hybridized carbons (Fsp3) is 0.444. The molecule has 1 aromatic rings. The summed E-state index contributed by atoms with van der Waals surface area (Å²) in [5.41, 5.74) is 0.347. The zero-order valence-electron chi connectivity index (χ0n) is 7.70. The van der Waals surface area contributed by atoms with Gasteiger partial charge in [0.05, 0.1) is 12.4 Å². The van der Waals surface area contributed by atoms with Gasteiger partial charge >= 0.3 is 0 Å². The second-order valence-corrected chi connectivity index (χ2v) is 3.23. The molecule has 1 aliphatic rings. The Balaban J connectivity index is 1.99. The van der Waals surface area contributed by atoms with Gasteiger partial charge in [0.1, 0.15) is 11.9 Å². The molecule has 0 amide bonds. The topological polar surface area (TPSA) is 73.6 Å². The zero-order chi connectivity index (χ0) is 9.80. The van der Waals surface area contributed by atoms with Crippen LogP contribution in [-0.2, 0) is 0 Å². The molecule has 2 N–H and O–H groups in total. The molecule has 0 saturated carbocycles. The smallest absolute Gasteiger partial charge is 0.158 e. The molecule has 0 aliphatic carbocycles. The number of anilines is 1. The molecular weight excluding hydrogens is 178 g/mol. The highest BCUT2D eigenvalue weighted by Crippen LogP contribution is 2.07. The quantitative estimate of drug-likeness (QED) is 0.691. The lowest BCUT2D eigenvalue weighted by atomic mass is 10.3. The molecule has 14 heavy (non-hydrogen) atoms. The van der Waals surface area contributed by atoms with Gasteiger partial charge in [-0.15, -0.1) is 0 Å². The van der Waals surface area contributed by atoms with Crippen LogP contribution in [0.1, 0.15) is 12.1 Å². The van der Waals surface area contributed by atoms with Gasteiger partial charge in [0.15, 0.2) is 5.69 Å². The van der Waals surface area contributed by atoms with Gasteiger partial charge in [0, 0.05) is 12.6 Å². The molecule has 5 heteroatoms.